The normalized spacial score (nSPS) is 9.58. The number of aliphatic hydroxyl groups excluding tert-OH is 1. The lowest BCUT2D eigenvalue weighted by Crippen LogP contribution is -1.98. The maximum absolute atomic E-state index is 8.61. The summed E-state index contributed by atoms with van der Waals surface area (Å²) in [4.78, 5) is 4.37. The molecule has 1 aromatic heterocycles. The molecule has 3 heteroatoms. The number of benzene rings is 1. The van der Waals surface area contributed by atoms with Gasteiger partial charge in [0.15, 0.2) is 0 Å². The van der Waals surface area contributed by atoms with Crippen LogP contribution in [-0.2, 0) is 6.61 Å². The number of rotatable bonds is 3. The van der Waals surface area contributed by atoms with Gasteiger partial charge in [-0.25, -0.2) is 0 Å². The number of aryl methyl sites for hydroxylation is 1. The zero-order valence-electron chi connectivity index (χ0n) is 10.8. The SMILES string of the molecule is Cc1cccc(COc2ccc(C#CCO)cc2)n1. The molecule has 2 aromatic rings. The zero-order chi connectivity index (χ0) is 13.5. The van der Waals surface area contributed by atoms with Gasteiger partial charge in [-0.1, -0.05) is 17.9 Å². The Morgan fingerprint density at radius 3 is 2.63 bits per heavy atom. The molecule has 1 N–H and O–H groups in total. The van der Waals surface area contributed by atoms with Gasteiger partial charge in [0, 0.05) is 11.3 Å². The average Bonchev–Trinajstić information content (AvgIpc) is 2.44. The van der Waals surface area contributed by atoms with Crippen molar-refractivity contribution in [2.75, 3.05) is 6.61 Å². The highest BCUT2D eigenvalue weighted by molar-refractivity contribution is 5.38. The van der Waals surface area contributed by atoms with Crippen molar-refractivity contribution < 1.29 is 9.84 Å². The Morgan fingerprint density at radius 1 is 1.16 bits per heavy atom. The Bertz CT molecular complexity index is 594. The Kier molecular flexibility index (Phi) is 4.54. The lowest BCUT2D eigenvalue weighted by molar-refractivity contribution is 0.301. The molecule has 0 amide bonds. The van der Waals surface area contributed by atoms with Crippen LogP contribution in [0.1, 0.15) is 17.0 Å². The van der Waals surface area contributed by atoms with Crippen LogP contribution in [0.2, 0.25) is 0 Å². The first kappa shape index (κ1) is 13.1. The summed E-state index contributed by atoms with van der Waals surface area (Å²) >= 11 is 0. The van der Waals surface area contributed by atoms with E-state index < -0.39 is 0 Å². The average molecular weight is 253 g/mol. The fraction of sp³-hybridized carbons (Fsp3) is 0.188. The third-order valence-electron chi connectivity index (χ3n) is 2.50. The van der Waals surface area contributed by atoms with Crippen LogP contribution in [0.15, 0.2) is 42.5 Å². The highest BCUT2D eigenvalue weighted by Crippen LogP contribution is 2.13. The van der Waals surface area contributed by atoms with E-state index in [-0.39, 0.29) is 6.61 Å². The number of pyridine rings is 1. The highest BCUT2D eigenvalue weighted by atomic mass is 16.5. The summed E-state index contributed by atoms with van der Waals surface area (Å²) < 4.78 is 5.65. The molecular weight excluding hydrogens is 238 g/mol. The third-order valence-corrected chi connectivity index (χ3v) is 2.50. The molecule has 0 atom stereocenters. The second kappa shape index (κ2) is 6.58. The number of hydrogen-bond acceptors (Lipinski definition) is 3. The smallest absolute Gasteiger partial charge is 0.130 e. The second-order valence-electron chi connectivity index (χ2n) is 4.04. The van der Waals surface area contributed by atoms with Crippen LogP contribution in [0.3, 0.4) is 0 Å². The highest BCUT2D eigenvalue weighted by Gasteiger charge is 1.97. The quantitative estimate of drug-likeness (QED) is 0.854. The molecule has 1 heterocycles. The van der Waals surface area contributed by atoms with Crippen molar-refractivity contribution in [1.29, 1.82) is 0 Å². The summed E-state index contributed by atoms with van der Waals surface area (Å²) in [6.07, 6.45) is 0. The topological polar surface area (TPSA) is 42.4 Å². The van der Waals surface area contributed by atoms with Crippen molar-refractivity contribution in [2.45, 2.75) is 13.5 Å². The first-order chi connectivity index (χ1) is 9.28. The van der Waals surface area contributed by atoms with Gasteiger partial charge in [-0.05, 0) is 43.3 Å². The lowest BCUT2D eigenvalue weighted by Gasteiger charge is -2.06. The van der Waals surface area contributed by atoms with Crippen LogP contribution >= 0.6 is 0 Å². The first-order valence-corrected chi connectivity index (χ1v) is 6.03. The molecule has 0 spiro atoms. The molecule has 96 valence electrons. The minimum Gasteiger partial charge on any atom is -0.487 e. The van der Waals surface area contributed by atoms with Gasteiger partial charge < -0.3 is 9.84 Å². The van der Waals surface area contributed by atoms with Crippen molar-refractivity contribution >= 4 is 0 Å². The van der Waals surface area contributed by atoms with Crippen LogP contribution in [0.4, 0.5) is 0 Å². The Labute approximate surface area is 112 Å². The van der Waals surface area contributed by atoms with Crippen molar-refractivity contribution in [3.63, 3.8) is 0 Å². The van der Waals surface area contributed by atoms with Gasteiger partial charge in [0.05, 0.1) is 5.69 Å². The number of nitrogens with zero attached hydrogens (tertiary/aromatic N) is 1. The Hall–Kier alpha value is -2.31. The van der Waals surface area contributed by atoms with Crippen molar-refractivity contribution in [1.82, 2.24) is 4.98 Å². The van der Waals surface area contributed by atoms with E-state index in [4.69, 9.17) is 9.84 Å². The van der Waals surface area contributed by atoms with Gasteiger partial charge in [0.25, 0.3) is 0 Å². The van der Waals surface area contributed by atoms with Crippen molar-refractivity contribution in [3.8, 4) is 17.6 Å². The van der Waals surface area contributed by atoms with E-state index in [0.717, 1.165) is 22.7 Å². The largest absolute Gasteiger partial charge is 0.487 e. The maximum atomic E-state index is 8.61. The lowest BCUT2D eigenvalue weighted by atomic mass is 10.2. The molecule has 1 aromatic carbocycles. The zero-order valence-corrected chi connectivity index (χ0v) is 10.8. The van der Waals surface area contributed by atoms with Gasteiger partial charge in [-0.15, -0.1) is 0 Å². The van der Waals surface area contributed by atoms with E-state index in [1.54, 1.807) is 0 Å². The summed E-state index contributed by atoms with van der Waals surface area (Å²) in [6.45, 7) is 2.28. The van der Waals surface area contributed by atoms with Gasteiger partial charge in [-0.3, -0.25) is 4.98 Å². The fourth-order valence-corrected chi connectivity index (χ4v) is 1.61. The van der Waals surface area contributed by atoms with E-state index >= 15 is 0 Å². The number of aliphatic hydroxyl groups is 1. The monoisotopic (exact) mass is 253 g/mol. The van der Waals surface area contributed by atoms with Crippen LogP contribution < -0.4 is 4.74 Å². The van der Waals surface area contributed by atoms with E-state index in [2.05, 4.69) is 16.8 Å². The van der Waals surface area contributed by atoms with Gasteiger partial charge in [-0.2, -0.15) is 0 Å². The molecule has 0 bridgehead atoms. The molecule has 19 heavy (non-hydrogen) atoms. The van der Waals surface area contributed by atoms with Gasteiger partial charge >= 0.3 is 0 Å². The Balaban J connectivity index is 1.96. The fourth-order valence-electron chi connectivity index (χ4n) is 1.61. The predicted molar refractivity (Wildman–Crippen MR) is 73.7 cm³/mol. The minimum absolute atomic E-state index is 0.128. The van der Waals surface area contributed by atoms with E-state index in [0.29, 0.717) is 6.61 Å². The summed E-state index contributed by atoms with van der Waals surface area (Å²) in [5.74, 6) is 6.21. The molecule has 0 radical (unpaired) electrons. The standard InChI is InChI=1S/C16H15NO2/c1-13-4-2-6-15(17-13)12-19-16-9-7-14(8-10-16)5-3-11-18/h2,4,6-10,18H,11-12H2,1H3. The molecule has 0 saturated heterocycles. The molecule has 0 aliphatic heterocycles. The predicted octanol–water partition coefficient (Wildman–Crippen LogP) is 2.31. The van der Waals surface area contributed by atoms with Crippen LogP contribution in [0.25, 0.3) is 0 Å². The molecule has 0 aliphatic rings. The van der Waals surface area contributed by atoms with Crippen molar-refractivity contribution in [2.24, 2.45) is 0 Å². The van der Waals surface area contributed by atoms with E-state index in [1.807, 2.05) is 49.4 Å². The van der Waals surface area contributed by atoms with Crippen LogP contribution in [-0.4, -0.2) is 16.7 Å². The summed E-state index contributed by atoms with van der Waals surface area (Å²) in [6, 6.07) is 13.3. The van der Waals surface area contributed by atoms with E-state index in [1.165, 1.54) is 0 Å². The van der Waals surface area contributed by atoms with Crippen LogP contribution in [0, 0.1) is 18.8 Å². The number of hydrogen-bond donors (Lipinski definition) is 1. The maximum Gasteiger partial charge on any atom is 0.130 e. The summed E-state index contributed by atoms with van der Waals surface area (Å²) in [5.41, 5.74) is 2.75. The molecule has 2 rings (SSSR count). The molecule has 0 unspecified atom stereocenters. The Morgan fingerprint density at radius 2 is 1.95 bits per heavy atom. The third kappa shape index (κ3) is 4.13. The molecule has 3 nitrogen and oxygen atoms in total. The molecule has 0 saturated carbocycles. The second-order valence-corrected chi connectivity index (χ2v) is 4.04. The summed E-state index contributed by atoms with van der Waals surface area (Å²) in [7, 11) is 0. The minimum atomic E-state index is -0.128. The van der Waals surface area contributed by atoms with Gasteiger partial charge in [0.1, 0.15) is 19.0 Å². The van der Waals surface area contributed by atoms with Crippen molar-refractivity contribution in [3.05, 3.63) is 59.4 Å². The number of ether oxygens (including phenoxy) is 1. The van der Waals surface area contributed by atoms with Gasteiger partial charge in [0.2, 0.25) is 0 Å². The molecule has 0 aliphatic carbocycles. The first-order valence-electron chi connectivity index (χ1n) is 6.03. The molecular formula is C16H15NO2. The van der Waals surface area contributed by atoms with E-state index in [9.17, 15) is 0 Å². The van der Waals surface area contributed by atoms with Crippen LogP contribution in [0.5, 0.6) is 5.75 Å². The number of aromatic nitrogens is 1. The molecule has 0 fully saturated rings. The summed E-state index contributed by atoms with van der Waals surface area (Å²) in [5, 5.41) is 8.61.